The summed E-state index contributed by atoms with van der Waals surface area (Å²) in [6, 6.07) is 2.19. The molecule has 1 aromatic rings. The van der Waals surface area contributed by atoms with Crippen molar-refractivity contribution in [3.8, 4) is 0 Å². The number of nitrogens with two attached hydrogens (primary N) is 1. The number of pyridine rings is 1. The van der Waals surface area contributed by atoms with Gasteiger partial charge in [0, 0.05) is 19.7 Å². The van der Waals surface area contributed by atoms with E-state index in [1.807, 2.05) is 0 Å². The third-order valence-corrected chi connectivity index (χ3v) is 3.23. The number of ether oxygens (including phenoxy) is 2. The number of anilines is 2. The molecule has 2 rings (SSSR count). The normalized spacial score (nSPS) is 14.1. The van der Waals surface area contributed by atoms with Gasteiger partial charge in [0.1, 0.15) is 5.82 Å². The summed E-state index contributed by atoms with van der Waals surface area (Å²) in [7, 11) is 1.67. The Morgan fingerprint density at radius 2 is 2.30 bits per heavy atom. The predicted octanol–water partition coefficient (Wildman–Crippen LogP) is 1.46. The number of carbonyl (C=O) groups is 1. The molecule has 0 bridgehead atoms. The van der Waals surface area contributed by atoms with E-state index in [9.17, 15) is 4.79 Å². The van der Waals surface area contributed by atoms with Crippen molar-refractivity contribution in [3.05, 3.63) is 17.8 Å². The molecule has 1 saturated carbocycles. The van der Waals surface area contributed by atoms with Crippen molar-refractivity contribution in [2.24, 2.45) is 0 Å². The topological polar surface area (TPSA) is 77.7 Å². The molecular weight excluding hydrogens is 258 g/mol. The molecule has 1 fully saturated rings. The van der Waals surface area contributed by atoms with Gasteiger partial charge in [-0.05, 0) is 25.8 Å². The molecule has 0 radical (unpaired) electrons. The van der Waals surface area contributed by atoms with Gasteiger partial charge in [-0.25, -0.2) is 9.78 Å². The zero-order valence-electron chi connectivity index (χ0n) is 12.0. The number of hydrogen-bond donors (Lipinski definition) is 1. The molecule has 0 unspecified atom stereocenters. The van der Waals surface area contributed by atoms with Crippen LogP contribution in [0.3, 0.4) is 0 Å². The second kappa shape index (κ2) is 6.56. The first kappa shape index (κ1) is 14.6. The lowest BCUT2D eigenvalue weighted by atomic mass is 10.2. The Balaban J connectivity index is 2.21. The summed E-state index contributed by atoms with van der Waals surface area (Å²) >= 11 is 0. The van der Waals surface area contributed by atoms with Crippen molar-refractivity contribution in [2.45, 2.75) is 25.8 Å². The van der Waals surface area contributed by atoms with E-state index in [1.54, 1.807) is 20.1 Å². The van der Waals surface area contributed by atoms with E-state index < -0.39 is 5.97 Å². The number of hydrogen-bond acceptors (Lipinski definition) is 6. The lowest BCUT2D eigenvalue weighted by Gasteiger charge is -2.23. The van der Waals surface area contributed by atoms with Gasteiger partial charge in [0.2, 0.25) is 0 Å². The molecule has 0 aliphatic heterocycles. The van der Waals surface area contributed by atoms with Crippen LogP contribution in [0.1, 0.15) is 30.1 Å². The molecule has 1 aliphatic rings. The summed E-state index contributed by atoms with van der Waals surface area (Å²) in [6.07, 6.45) is 3.80. The maximum atomic E-state index is 11.9. The van der Waals surface area contributed by atoms with Crippen LogP contribution < -0.4 is 10.6 Å². The Kier molecular flexibility index (Phi) is 4.79. The Morgan fingerprint density at radius 3 is 2.90 bits per heavy atom. The van der Waals surface area contributed by atoms with Crippen LogP contribution in [0.5, 0.6) is 0 Å². The lowest BCUT2D eigenvalue weighted by Crippen LogP contribution is -2.30. The van der Waals surface area contributed by atoms with Gasteiger partial charge in [-0.15, -0.1) is 0 Å². The number of aromatic nitrogens is 1. The molecule has 0 aromatic carbocycles. The van der Waals surface area contributed by atoms with E-state index in [0.717, 1.165) is 25.2 Å². The summed E-state index contributed by atoms with van der Waals surface area (Å²) in [5.41, 5.74) is 6.52. The fraction of sp³-hybridized carbons (Fsp3) is 0.571. The maximum Gasteiger partial charge on any atom is 0.340 e. The van der Waals surface area contributed by atoms with Crippen LogP contribution >= 0.6 is 0 Å². The van der Waals surface area contributed by atoms with E-state index >= 15 is 0 Å². The van der Waals surface area contributed by atoms with Gasteiger partial charge in [0.25, 0.3) is 0 Å². The summed E-state index contributed by atoms with van der Waals surface area (Å²) in [6.45, 7) is 3.47. The monoisotopic (exact) mass is 279 g/mol. The van der Waals surface area contributed by atoms with Crippen LogP contribution in [0.4, 0.5) is 11.5 Å². The van der Waals surface area contributed by atoms with Gasteiger partial charge < -0.3 is 20.1 Å². The standard InChI is InChI=1S/C14H21N3O3/c1-3-20-14(18)11-8-13(16-9-12(11)15)17(6-7-19-2)10-4-5-10/h8-10H,3-7,15H2,1-2H3. The van der Waals surface area contributed by atoms with Crippen LogP contribution in [-0.2, 0) is 9.47 Å². The predicted molar refractivity (Wildman–Crippen MR) is 76.8 cm³/mol. The number of nitrogens with zero attached hydrogens (tertiary/aromatic N) is 2. The van der Waals surface area contributed by atoms with Crippen molar-refractivity contribution in [1.82, 2.24) is 4.98 Å². The molecular formula is C14H21N3O3. The van der Waals surface area contributed by atoms with E-state index in [4.69, 9.17) is 15.2 Å². The van der Waals surface area contributed by atoms with E-state index in [-0.39, 0.29) is 0 Å². The molecule has 0 amide bonds. The first-order valence-corrected chi connectivity index (χ1v) is 6.85. The smallest absolute Gasteiger partial charge is 0.340 e. The van der Waals surface area contributed by atoms with Crippen molar-refractivity contribution in [2.75, 3.05) is 37.5 Å². The highest BCUT2D eigenvalue weighted by molar-refractivity contribution is 5.95. The molecule has 0 spiro atoms. The molecule has 2 N–H and O–H groups in total. The second-order valence-corrected chi connectivity index (χ2v) is 4.77. The Morgan fingerprint density at radius 1 is 1.55 bits per heavy atom. The summed E-state index contributed by atoms with van der Waals surface area (Å²) in [5, 5.41) is 0. The van der Waals surface area contributed by atoms with Gasteiger partial charge in [-0.2, -0.15) is 0 Å². The zero-order chi connectivity index (χ0) is 14.5. The van der Waals surface area contributed by atoms with Crippen molar-refractivity contribution >= 4 is 17.5 Å². The van der Waals surface area contributed by atoms with Crippen LogP contribution in [-0.4, -0.2) is 43.9 Å². The first-order chi connectivity index (χ1) is 9.67. The van der Waals surface area contributed by atoms with Crippen LogP contribution in [0.2, 0.25) is 0 Å². The number of carbonyl (C=O) groups excluding carboxylic acids is 1. The van der Waals surface area contributed by atoms with Crippen LogP contribution in [0.15, 0.2) is 12.3 Å². The first-order valence-electron chi connectivity index (χ1n) is 6.85. The van der Waals surface area contributed by atoms with Crippen molar-refractivity contribution in [3.63, 3.8) is 0 Å². The number of rotatable bonds is 7. The minimum absolute atomic E-state index is 0.325. The number of methoxy groups -OCH3 is 1. The Bertz CT molecular complexity index is 475. The molecule has 1 aromatic heterocycles. The van der Waals surface area contributed by atoms with Gasteiger partial charge in [0.15, 0.2) is 0 Å². The van der Waals surface area contributed by atoms with Crippen LogP contribution in [0, 0.1) is 0 Å². The Labute approximate surface area is 118 Å². The maximum absolute atomic E-state index is 11.9. The third kappa shape index (κ3) is 3.39. The fourth-order valence-electron chi connectivity index (χ4n) is 2.06. The highest BCUT2D eigenvalue weighted by Crippen LogP contribution is 2.31. The van der Waals surface area contributed by atoms with Crippen LogP contribution in [0.25, 0.3) is 0 Å². The SMILES string of the molecule is CCOC(=O)c1cc(N(CCOC)C2CC2)ncc1N. The highest BCUT2D eigenvalue weighted by atomic mass is 16.5. The minimum Gasteiger partial charge on any atom is -0.462 e. The highest BCUT2D eigenvalue weighted by Gasteiger charge is 2.30. The average Bonchev–Trinajstić information content (AvgIpc) is 3.25. The van der Waals surface area contributed by atoms with Crippen molar-refractivity contribution < 1.29 is 14.3 Å². The number of nitrogen functional groups attached to an aromatic ring is 1. The molecule has 6 nitrogen and oxygen atoms in total. The third-order valence-electron chi connectivity index (χ3n) is 3.23. The zero-order valence-corrected chi connectivity index (χ0v) is 12.0. The van der Waals surface area contributed by atoms with E-state index in [1.165, 1.54) is 6.20 Å². The molecule has 1 aliphatic carbocycles. The average molecular weight is 279 g/mol. The summed E-state index contributed by atoms with van der Waals surface area (Å²) in [5.74, 6) is 0.345. The van der Waals surface area contributed by atoms with E-state index in [0.29, 0.717) is 30.5 Å². The van der Waals surface area contributed by atoms with Gasteiger partial charge in [0.05, 0.1) is 30.7 Å². The second-order valence-electron chi connectivity index (χ2n) is 4.77. The number of esters is 1. The summed E-state index contributed by atoms with van der Waals surface area (Å²) < 4.78 is 10.1. The van der Waals surface area contributed by atoms with Crippen molar-refractivity contribution in [1.29, 1.82) is 0 Å². The summed E-state index contributed by atoms with van der Waals surface area (Å²) in [4.78, 5) is 18.4. The molecule has 0 saturated heterocycles. The largest absolute Gasteiger partial charge is 0.462 e. The molecule has 0 atom stereocenters. The molecule has 110 valence electrons. The molecule has 20 heavy (non-hydrogen) atoms. The fourth-order valence-corrected chi connectivity index (χ4v) is 2.06. The quantitative estimate of drug-likeness (QED) is 0.761. The lowest BCUT2D eigenvalue weighted by molar-refractivity contribution is 0.0527. The van der Waals surface area contributed by atoms with Gasteiger partial charge in [-0.1, -0.05) is 0 Å². The Hall–Kier alpha value is -1.82. The molecule has 6 heteroatoms. The minimum atomic E-state index is -0.406. The molecule has 1 heterocycles. The van der Waals surface area contributed by atoms with Gasteiger partial charge >= 0.3 is 5.97 Å². The van der Waals surface area contributed by atoms with Gasteiger partial charge in [-0.3, -0.25) is 0 Å². The van der Waals surface area contributed by atoms with E-state index in [2.05, 4.69) is 9.88 Å².